The highest BCUT2D eigenvalue weighted by molar-refractivity contribution is 5.75. The van der Waals surface area contributed by atoms with Gasteiger partial charge < -0.3 is 11.1 Å². The molecule has 0 bridgehead atoms. The number of nitrogens with one attached hydrogen (secondary N) is 1. The van der Waals surface area contributed by atoms with Gasteiger partial charge >= 0.3 is 0 Å². The molecule has 0 aromatic carbocycles. The van der Waals surface area contributed by atoms with Crippen LogP contribution in [0.2, 0.25) is 0 Å². The fourth-order valence-corrected chi connectivity index (χ4v) is 2.08. The topological polar surface area (TPSA) is 85.8 Å². The summed E-state index contributed by atoms with van der Waals surface area (Å²) in [5.74, 6) is 0.131. The molecule has 1 heterocycles. The lowest BCUT2D eigenvalue weighted by molar-refractivity contribution is -0.121. The third-order valence-electron chi connectivity index (χ3n) is 3.01. The van der Waals surface area contributed by atoms with Gasteiger partial charge in [0.05, 0.1) is 0 Å². The van der Waals surface area contributed by atoms with E-state index in [0.717, 1.165) is 6.42 Å². The van der Waals surface area contributed by atoms with Crippen LogP contribution in [0.4, 0.5) is 5.95 Å². The molecule has 6 nitrogen and oxygen atoms in total. The van der Waals surface area contributed by atoms with Gasteiger partial charge in [0.25, 0.3) is 0 Å². The number of anilines is 1. The van der Waals surface area contributed by atoms with Gasteiger partial charge in [0.2, 0.25) is 11.9 Å². The molecule has 2 rings (SSSR count). The van der Waals surface area contributed by atoms with Gasteiger partial charge in [0, 0.05) is 6.54 Å². The minimum atomic E-state index is -0.0590. The van der Waals surface area contributed by atoms with E-state index in [1.54, 1.807) is 0 Å². The Morgan fingerprint density at radius 3 is 3.06 bits per heavy atom. The maximum absolute atomic E-state index is 11.6. The van der Waals surface area contributed by atoms with E-state index in [0.29, 0.717) is 6.54 Å². The van der Waals surface area contributed by atoms with E-state index in [9.17, 15) is 4.79 Å². The minimum Gasteiger partial charge on any atom is -0.367 e. The van der Waals surface area contributed by atoms with Crippen molar-refractivity contribution < 1.29 is 4.79 Å². The highest BCUT2D eigenvalue weighted by atomic mass is 16.2. The molecule has 18 heavy (non-hydrogen) atoms. The summed E-state index contributed by atoms with van der Waals surface area (Å²) < 4.78 is 1.44. The zero-order valence-electron chi connectivity index (χ0n) is 10.4. The summed E-state index contributed by atoms with van der Waals surface area (Å²) in [6, 6.07) is 0. The summed E-state index contributed by atoms with van der Waals surface area (Å²) in [6.45, 7) is 0.859. The van der Waals surface area contributed by atoms with Crippen LogP contribution in [0, 0.1) is 0 Å². The lowest BCUT2D eigenvalue weighted by Gasteiger charge is -2.12. The van der Waals surface area contributed by atoms with Crippen molar-refractivity contribution in [2.75, 3.05) is 12.3 Å². The Morgan fingerprint density at radius 2 is 2.39 bits per heavy atom. The van der Waals surface area contributed by atoms with Gasteiger partial charge in [-0.1, -0.05) is 11.6 Å². The van der Waals surface area contributed by atoms with Crippen molar-refractivity contribution in [2.24, 2.45) is 0 Å². The predicted molar refractivity (Wildman–Crippen MR) is 68.6 cm³/mol. The number of amides is 1. The van der Waals surface area contributed by atoms with Crippen molar-refractivity contribution in [1.29, 1.82) is 0 Å². The number of rotatable bonds is 5. The van der Waals surface area contributed by atoms with E-state index in [1.807, 2.05) is 0 Å². The number of allylic oxidation sites excluding steroid dienone is 1. The van der Waals surface area contributed by atoms with Crippen LogP contribution in [-0.4, -0.2) is 27.2 Å². The summed E-state index contributed by atoms with van der Waals surface area (Å²) in [5.41, 5.74) is 6.83. The second kappa shape index (κ2) is 6.18. The summed E-state index contributed by atoms with van der Waals surface area (Å²) in [6.07, 6.45) is 9.64. The fourth-order valence-electron chi connectivity index (χ4n) is 2.08. The van der Waals surface area contributed by atoms with Crippen LogP contribution >= 0.6 is 0 Å². The number of nitrogens with zero attached hydrogens (tertiary/aromatic N) is 3. The van der Waals surface area contributed by atoms with Crippen molar-refractivity contribution in [3.05, 3.63) is 18.0 Å². The number of carbonyl (C=O) groups is 1. The third-order valence-corrected chi connectivity index (χ3v) is 3.01. The molecule has 0 aliphatic heterocycles. The number of nitrogens with two attached hydrogens (primary N) is 1. The van der Waals surface area contributed by atoms with Gasteiger partial charge in [-0.05, 0) is 32.1 Å². The molecular weight excluding hydrogens is 230 g/mol. The van der Waals surface area contributed by atoms with E-state index in [-0.39, 0.29) is 18.4 Å². The smallest absolute Gasteiger partial charge is 0.241 e. The maximum Gasteiger partial charge on any atom is 0.241 e. The minimum absolute atomic E-state index is 0.0590. The summed E-state index contributed by atoms with van der Waals surface area (Å²) >= 11 is 0. The van der Waals surface area contributed by atoms with E-state index in [1.165, 1.54) is 42.3 Å². The first-order valence-electron chi connectivity index (χ1n) is 6.33. The molecule has 0 spiro atoms. The monoisotopic (exact) mass is 249 g/mol. The van der Waals surface area contributed by atoms with Gasteiger partial charge in [0.15, 0.2) is 0 Å². The number of nitrogen functional groups attached to an aromatic ring is 1. The average Bonchev–Trinajstić information content (AvgIpc) is 2.76. The molecule has 0 saturated carbocycles. The summed E-state index contributed by atoms with van der Waals surface area (Å²) in [4.78, 5) is 15.4. The van der Waals surface area contributed by atoms with E-state index >= 15 is 0 Å². The summed E-state index contributed by atoms with van der Waals surface area (Å²) in [5, 5.41) is 6.74. The van der Waals surface area contributed by atoms with E-state index < -0.39 is 0 Å². The van der Waals surface area contributed by atoms with Crippen LogP contribution in [0.15, 0.2) is 18.0 Å². The molecule has 0 fully saturated rings. The molecule has 0 saturated heterocycles. The molecule has 0 radical (unpaired) electrons. The lowest BCUT2D eigenvalue weighted by atomic mass is 9.97. The Balaban J connectivity index is 1.67. The molecule has 0 unspecified atom stereocenters. The highest BCUT2D eigenvalue weighted by Crippen LogP contribution is 2.19. The van der Waals surface area contributed by atoms with Gasteiger partial charge in [-0.25, -0.2) is 9.67 Å². The summed E-state index contributed by atoms with van der Waals surface area (Å²) in [7, 11) is 0. The molecule has 3 N–H and O–H groups in total. The first-order valence-corrected chi connectivity index (χ1v) is 6.33. The van der Waals surface area contributed by atoms with Crippen molar-refractivity contribution in [3.8, 4) is 0 Å². The van der Waals surface area contributed by atoms with Gasteiger partial charge in [0.1, 0.15) is 12.9 Å². The number of hydrogen-bond acceptors (Lipinski definition) is 4. The van der Waals surface area contributed by atoms with Crippen LogP contribution in [0.1, 0.15) is 32.1 Å². The Labute approximate surface area is 106 Å². The van der Waals surface area contributed by atoms with Crippen molar-refractivity contribution >= 4 is 11.9 Å². The molecule has 1 amide bonds. The van der Waals surface area contributed by atoms with E-state index in [4.69, 9.17) is 5.73 Å². The van der Waals surface area contributed by atoms with Crippen molar-refractivity contribution in [3.63, 3.8) is 0 Å². The fraction of sp³-hybridized carbons (Fsp3) is 0.583. The number of carbonyl (C=O) groups excluding carboxylic acids is 1. The largest absolute Gasteiger partial charge is 0.367 e. The SMILES string of the molecule is Nc1ncn(CC(=O)NCCC2=CCCCC2)n1. The van der Waals surface area contributed by atoms with Crippen molar-refractivity contribution in [2.45, 2.75) is 38.6 Å². The van der Waals surface area contributed by atoms with E-state index in [2.05, 4.69) is 21.5 Å². The normalized spacial score (nSPS) is 15.2. The lowest BCUT2D eigenvalue weighted by Crippen LogP contribution is -2.29. The molecule has 1 aliphatic rings. The number of hydrogen-bond donors (Lipinski definition) is 2. The van der Waals surface area contributed by atoms with Crippen LogP contribution in [0.5, 0.6) is 0 Å². The molecule has 1 aromatic heterocycles. The second-order valence-corrected chi connectivity index (χ2v) is 4.51. The Morgan fingerprint density at radius 1 is 1.50 bits per heavy atom. The third kappa shape index (κ3) is 3.87. The zero-order valence-corrected chi connectivity index (χ0v) is 10.4. The quantitative estimate of drug-likeness (QED) is 0.758. The average molecular weight is 249 g/mol. The molecule has 98 valence electrons. The second-order valence-electron chi connectivity index (χ2n) is 4.51. The Kier molecular flexibility index (Phi) is 4.33. The molecule has 1 aliphatic carbocycles. The molecule has 1 aromatic rings. The predicted octanol–water partition coefficient (Wildman–Crippen LogP) is 0.867. The maximum atomic E-state index is 11.6. The first kappa shape index (κ1) is 12.6. The Bertz CT molecular complexity index is 437. The van der Waals surface area contributed by atoms with Crippen LogP contribution in [0.3, 0.4) is 0 Å². The standard InChI is InChI=1S/C12H19N5O/c13-12-15-9-17(16-12)8-11(18)14-7-6-10-4-2-1-3-5-10/h4,9H,1-3,5-8H2,(H2,13,16)(H,14,18). The zero-order chi connectivity index (χ0) is 12.8. The number of aromatic nitrogens is 3. The van der Waals surface area contributed by atoms with Crippen LogP contribution in [-0.2, 0) is 11.3 Å². The van der Waals surface area contributed by atoms with Crippen LogP contribution < -0.4 is 11.1 Å². The molecule has 6 heteroatoms. The van der Waals surface area contributed by atoms with Gasteiger partial charge in [-0.3, -0.25) is 4.79 Å². The molecule has 0 atom stereocenters. The Hall–Kier alpha value is -1.85. The van der Waals surface area contributed by atoms with Crippen LogP contribution in [0.25, 0.3) is 0 Å². The van der Waals surface area contributed by atoms with Crippen molar-refractivity contribution in [1.82, 2.24) is 20.1 Å². The first-order chi connectivity index (χ1) is 8.74. The highest BCUT2D eigenvalue weighted by Gasteiger charge is 2.06. The van der Waals surface area contributed by atoms with Gasteiger partial charge in [-0.15, -0.1) is 5.10 Å². The van der Waals surface area contributed by atoms with Gasteiger partial charge in [-0.2, -0.15) is 0 Å². The molecular formula is C12H19N5O.